The van der Waals surface area contributed by atoms with E-state index >= 15 is 0 Å². The highest BCUT2D eigenvalue weighted by Gasteiger charge is 2.30. The monoisotopic (exact) mass is 390 g/mol. The van der Waals surface area contributed by atoms with E-state index in [4.69, 9.17) is 9.47 Å². The molecule has 1 atom stereocenters. The Morgan fingerprint density at radius 1 is 1.04 bits per heavy atom. The molecule has 0 bridgehead atoms. The molecule has 1 aromatic carbocycles. The van der Waals surface area contributed by atoms with Crippen molar-refractivity contribution in [2.75, 3.05) is 6.61 Å². The van der Waals surface area contributed by atoms with Crippen molar-refractivity contribution in [3.05, 3.63) is 29.1 Å². The number of hydrogen-bond donors (Lipinski definition) is 0. The number of benzene rings is 1. The van der Waals surface area contributed by atoms with Crippen molar-refractivity contribution in [3.63, 3.8) is 0 Å². The summed E-state index contributed by atoms with van der Waals surface area (Å²) in [5.41, 5.74) is 1.27. The normalized spacial score (nSPS) is 24.7. The van der Waals surface area contributed by atoms with Crippen molar-refractivity contribution >= 4 is 5.97 Å². The van der Waals surface area contributed by atoms with Gasteiger partial charge >= 0.3 is 5.97 Å². The van der Waals surface area contributed by atoms with Gasteiger partial charge in [-0.1, -0.05) is 70.9 Å². The number of ether oxygens (including phenoxy) is 2. The minimum Gasteiger partial charge on any atom is -0.423 e. The number of carbonyl (C=O) groups is 1. The molecule has 2 aliphatic rings. The molecular weight excluding hydrogens is 355 g/mol. The average molecular weight is 391 g/mol. The van der Waals surface area contributed by atoms with Gasteiger partial charge in [-0.05, 0) is 36.7 Å². The van der Waals surface area contributed by atoms with Gasteiger partial charge in [-0.25, -0.2) is 4.39 Å². The Morgan fingerprint density at radius 3 is 2.39 bits per heavy atom. The summed E-state index contributed by atoms with van der Waals surface area (Å²) >= 11 is 0. The quantitative estimate of drug-likeness (QED) is 0.285. The predicted molar refractivity (Wildman–Crippen MR) is 109 cm³/mol. The first kappa shape index (κ1) is 21.3. The van der Waals surface area contributed by atoms with Crippen LogP contribution in [0.1, 0.15) is 82.8 Å². The first-order valence-electron chi connectivity index (χ1n) is 11.2. The van der Waals surface area contributed by atoms with Crippen LogP contribution in [0.3, 0.4) is 0 Å². The van der Waals surface area contributed by atoms with Gasteiger partial charge in [-0.15, -0.1) is 0 Å². The Kier molecular flexibility index (Phi) is 7.90. The molecule has 1 heterocycles. The molecule has 1 fully saturated rings. The number of fused-ring (bicyclic) bond motifs is 1. The molecule has 0 aromatic heterocycles. The van der Waals surface area contributed by atoms with Gasteiger partial charge < -0.3 is 9.47 Å². The third kappa shape index (κ3) is 5.34. The molecule has 0 spiro atoms. The van der Waals surface area contributed by atoms with Crippen LogP contribution in [0.5, 0.6) is 5.75 Å². The van der Waals surface area contributed by atoms with E-state index < -0.39 is 5.82 Å². The number of halogens is 1. The lowest BCUT2D eigenvalue weighted by molar-refractivity contribution is -0.140. The van der Waals surface area contributed by atoms with Crippen LogP contribution in [-0.4, -0.2) is 12.6 Å². The summed E-state index contributed by atoms with van der Waals surface area (Å²) in [4.78, 5) is 12.1. The molecule has 1 unspecified atom stereocenters. The van der Waals surface area contributed by atoms with Crippen LogP contribution >= 0.6 is 0 Å². The van der Waals surface area contributed by atoms with E-state index in [1.54, 1.807) is 6.07 Å². The lowest BCUT2D eigenvalue weighted by Crippen LogP contribution is -2.28. The minimum absolute atomic E-state index is 0.118. The molecule has 1 aliphatic heterocycles. The van der Waals surface area contributed by atoms with Gasteiger partial charge in [0.2, 0.25) is 0 Å². The molecule has 1 saturated carbocycles. The topological polar surface area (TPSA) is 35.5 Å². The zero-order valence-corrected chi connectivity index (χ0v) is 17.5. The van der Waals surface area contributed by atoms with Gasteiger partial charge in [0.05, 0.1) is 12.5 Å². The van der Waals surface area contributed by atoms with Gasteiger partial charge in [-0.3, -0.25) is 4.79 Å². The fourth-order valence-electron chi connectivity index (χ4n) is 4.77. The predicted octanol–water partition coefficient (Wildman–Crippen LogP) is 6.22. The Labute approximate surface area is 169 Å². The summed E-state index contributed by atoms with van der Waals surface area (Å²) in [5.74, 6) is 0.911. The fourth-order valence-corrected chi connectivity index (χ4v) is 4.77. The SMILES string of the molecule is CCCC1CCC(CCOCc2ccc3c(c2F)OC(=O)C(CCC)C3)CC1. The van der Waals surface area contributed by atoms with Crippen LogP contribution in [0.15, 0.2) is 12.1 Å². The molecule has 28 heavy (non-hydrogen) atoms. The summed E-state index contributed by atoms with van der Waals surface area (Å²) < 4.78 is 25.9. The van der Waals surface area contributed by atoms with Crippen LogP contribution in [-0.2, 0) is 22.6 Å². The van der Waals surface area contributed by atoms with Crippen LogP contribution in [0, 0.1) is 23.6 Å². The number of esters is 1. The van der Waals surface area contributed by atoms with Gasteiger partial charge in [0.1, 0.15) is 0 Å². The van der Waals surface area contributed by atoms with E-state index in [2.05, 4.69) is 6.92 Å². The van der Waals surface area contributed by atoms with Crippen molar-refractivity contribution in [2.45, 2.75) is 84.7 Å². The maximum Gasteiger partial charge on any atom is 0.314 e. The van der Waals surface area contributed by atoms with Crippen LogP contribution in [0.25, 0.3) is 0 Å². The first-order chi connectivity index (χ1) is 13.6. The molecule has 3 rings (SSSR count). The highest BCUT2D eigenvalue weighted by molar-refractivity contribution is 5.78. The van der Waals surface area contributed by atoms with E-state index in [1.807, 2.05) is 13.0 Å². The lowest BCUT2D eigenvalue weighted by Gasteiger charge is -2.28. The molecule has 0 N–H and O–H groups in total. The standard InChI is InChI=1S/C24H35FO3/c1-3-5-17-7-9-18(10-8-17)13-14-27-16-21-12-11-19-15-20(6-4-2)24(26)28-23(19)22(21)25/h11-12,17-18,20H,3-10,13-16H2,1-2H3. The zero-order chi connectivity index (χ0) is 19.9. The summed E-state index contributed by atoms with van der Waals surface area (Å²) in [6.07, 6.45) is 11.3. The summed E-state index contributed by atoms with van der Waals surface area (Å²) in [6, 6.07) is 3.67. The molecule has 156 valence electrons. The fraction of sp³-hybridized carbons (Fsp3) is 0.708. The maximum atomic E-state index is 14.8. The summed E-state index contributed by atoms with van der Waals surface area (Å²) in [6.45, 7) is 5.21. The minimum atomic E-state index is -0.430. The van der Waals surface area contributed by atoms with Crippen LogP contribution in [0.2, 0.25) is 0 Å². The second kappa shape index (κ2) is 10.4. The Hall–Kier alpha value is -1.42. The van der Waals surface area contributed by atoms with E-state index in [0.717, 1.165) is 36.7 Å². The van der Waals surface area contributed by atoms with Gasteiger partial charge in [-0.2, -0.15) is 0 Å². The summed E-state index contributed by atoms with van der Waals surface area (Å²) in [5, 5.41) is 0. The molecule has 4 heteroatoms. The smallest absolute Gasteiger partial charge is 0.314 e. The molecule has 0 radical (unpaired) electrons. The number of hydrogen-bond acceptors (Lipinski definition) is 3. The largest absolute Gasteiger partial charge is 0.423 e. The van der Waals surface area contributed by atoms with Crippen molar-refractivity contribution in [1.82, 2.24) is 0 Å². The Bertz CT molecular complexity index is 649. The second-order valence-electron chi connectivity index (χ2n) is 8.65. The van der Waals surface area contributed by atoms with Crippen molar-refractivity contribution in [1.29, 1.82) is 0 Å². The van der Waals surface area contributed by atoms with E-state index in [9.17, 15) is 9.18 Å². The maximum absolute atomic E-state index is 14.8. The first-order valence-corrected chi connectivity index (χ1v) is 11.2. The van der Waals surface area contributed by atoms with E-state index in [0.29, 0.717) is 18.6 Å². The average Bonchev–Trinajstić information content (AvgIpc) is 2.70. The number of carbonyl (C=O) groups excluding carboxylic acids is 1. The zero-order valence-electron chi connectivity index (χ0n) is 17.5. The summed E-state index contributed by atoms with van der Waals surface area (Å²) in [7, 11) is 0. The molecule has 0 amide bonds. The van der Waals surface area contributed by atoms with E-state index in [1.165, 1.54) is 38.5 Å². The Morgan fingerprint density at radius 2 is 1.71 bits per heavy atom. The van der Waals surface area contributed by atoms with Gasteiger partial charge in [0.25, 0.3) is 0 Å². The van der Waals surface area contributed by atoms with Gasteiger partial charge in [0.15, 0.2) is 11.6 Å². The number of rotatable bonds is 9. The molecule has 0 saturated heterocycles. The second-order valence-corrected chi connectivity index (χ2v) is 8.65. The van der Waals surface area contributed by atoms with Crippen molar-refractivity contribution in [2.24, 2.45) is 17.8 Å². The molecule has 1 aromatic rings. The van der Waals surface area contributed by atoms with E-state index in [-0.39, 0.29) is 24.2 Å². The highest BCUT2D eigenvalue weighted by atomic mass is 19.1. The van der Waals surface area contributed by atoms with Crippen LogP contribution < -0.4 is 4.74 Å². The third-order valence-corrected chi connectivity index (χ3v) is 6.49. The van der Waals surface area contributed by atoms with Crippen molar-refractivity contribution < 1.29 is 18.7 Å². The molecular formula is C24H35FO3. The molecule has 1 aliphatic carbocycles. The lowest BCUT2D eigenvalue weighted by atomic mass is 9.79. The Balaban J connectivity index is 1.46. The van der Waals surface area contributed by atoms with Crippen molar-refractivity contribution in [3.8, 4) is 5.75 Å². The molecule has 3 nitrogen and oxygen atoms in total. The third-order valence-electron chi connectivity index (χ3n) is 6.49. The van der Waals surface area contributed by atoms with Crippen LogP contribution in [0.4, 0.5) is 4.39 Å². The van der Waals surface area contributed by atoms with Gasteiger partial charge in [0, 0.05) is 12.2 Å². The highest BCUT2D eigenvalue weighted by Crippen LogP contribution is 2.35.